The van der Waals surface area contributed by atoms with Crippen LogP contribution < -0.4 is 10.6 Å². The molecule has 0 aromatic heterocycles. The van der Waals surface area contributed by atoms with Crippen molar-refractivity contribution in [2.24, 2.45) is 5.92 Å². The minimum atomic E-state index is -1.22. The van der Waals surface area contributed by atoms with Gasteiger partial charge >= 0.3 is 12.1 Å². The quantitative estimate of drug-likeness (QED) is 0.534. The number of carboxylic acid groups (broad SMARTS) is 1. The van der Waals surface area contributed by atoms with Gasteiger partial charge in [0.15, 0.2) is 0 Å². The van der Waals surface area contributed by atoms with Crippen molar-refractivity contribution in [3.63, 3.8) is 0 Å². The van der Waals surface area contributed by atoms with Crippen molar-refractivity contribution in [2.75, 3.05) is 6.61 Å². The molecule has 0 saturated heterocycles. The molecule has 0 bridgehead atoms. The van der Waals surface area contributed by atoms with Gasteiger partial charge in [0, 0.05) is 5.92 Å². The summed E-state index contributed by atoms with van der Waals surface area (Å²) in [5, 5.41) is 14.7. The number of nitrogens with one attached hydrogen (secondary N) is 2. The van der Waals surface area contributed by atoms with Gasteiger partial charge in [-0.15, -0.1) is 0 Å². The summed E-state index contributed by atoms with van der Waals surface area (Å²) < 4.78 is 5.62. The molecule has 2 aliphatic rings. The highest BCUT2D eigenvalue weighted by atomic mass is 16.5. The van der Waals surface area contributed by atoms with Gasteiger partial charge in [0.25, 0.3) is 0 Å². The Morgan fingerprint density at radius 3 is 2.15 bits per heavy atom. The Balaban J connectivity index is 1.44. The zero-order valence-corrected chi connectivity index (χ0v) is 19.0. The Morgan fingerprint density at radius 2 is 1.64 bits per heavy atom. The maximum atomic E-state index is 13.0. The molecule has 0 aliphatic heterocycles. The first-order valence-corrected chi connectivity index (χ1v) is 11.5. The molecule has 0 heterocycles. The number of rotatable bonds is 9. The third kappa shape index (κ3) is 4.58. The van der Waals surface area contributed by atoms with Crippen molar-refractivity contribution >= 4 is 18.0 Å². The van der Waals surface area contributed by atoms with Crippen LogP contribution >= 0.6 is 0 Å². The largest absolute Gasteiger partial charge is 0.480 e. The zero-order valence-electron chi connectivity index (χ0n) is 19.0. The molecule has 174 valence electrons. The topological polar surface area (TPSA) is 105 Å². The lowest BCUT2D eigenvalue weighted by Gasteiger charge is -2.31. The molecule has 7 nitrogen and oxygen atoms in total. The minimum absolute atomic E-state index is 0.0472. The number of benzene rings is 2. The Labute approximate surface area is 193 Å². The fraction of sp³-hybridized carbons (Fsp3) is 0.423. The summed E-state index contributed by atoms with van der Waals surface area (Å²) in [7, 11) is 0. The van der Waals surface area contributed by atoms with Crippen molar-refractivity contribution in [1.82, 2.24) is 10.6 Å². The van der Waals surface area contributed by atoms with E-state index in [1.165, 1.54) is 0 Å². The van der Waals surface area contributed by atoms with Crippen molar-refractivity contribution in [3.05, 3.63) is 59.7 Å². The molecule has 2 amide bonds. The number of amides is 2. The second-order valence-corrected chi connectivity index (χ2v) is 9.08. The van der Waals surface area contributed by atoms with Crippen molar-refractivity contribution < 1.29 is 24.2 Å². The number of hydrogen-bond donors (Lipinski definition) is 3. The number of carboxylic acids is 1. The van der Waals surface area contributed by atoms with Crippen LogP contribution in [-0.4, -0.2) is 41.3 Å². The highest BCUT2D eigenvalue weighted by molar-refractivity contribution is 5.93. The molecule has 4 rings (SSSR count). The van der Waals surface area contributed by atoms with E-state index in [0.29, 0.717) is 12.8 Å². The maximum Gasteiger partial charge on any atom is 0.408 e. The third-order valence-corrected chi connectivity index (χ3v) is 6.75. The fourth-order valence-electron chi connectivity index (χ4n) is 4.71. The zero-order chi connectivity index (χ0) is 23.6. The number of carbonyl (C=O) groups excluding carboxylic acids is 2. The normalized spacial score (nSPS) is 17.3. The first kappa shape index (κ1) is 22.8. The predicted molar refractivity (Wildman–Crippen MR) is 124 cm³/mol. The van der Waals surface area contributed by atoms with Gasteiger partial charge in [-0.3, -0.25) is 4.79 Å². The van der Waals surface area contributed by atoms with E-state index in [1.54, 1.807) is 6.92 Å². The Morgan fingerprint density at radius 1 is 1.06 bits per heavy atom. The molecule has 33 heavy (non-hydrogen) atoms. The molecule has 3 N–H and O–H groups in total. The molecular weight excluding hydrogens is 420 g/mol. The molecule has 1 fully saturated rings. The van der Waals surface area contributed by atoms with Gasteiger partial charge in [0.05, 0.1) is 0 Å². The molecule has 7 heteroatoms. The number of aliphatic carboxylic acids is 1. The lowest BCUT2D eigenvalue weighted by molar-refractivity contribution is -0.143. The van der Waals surface area contributed by atoms with Crippen LogP contribution in [0.1, 0.15) is 56.6 Å². The minimum Gasteiger partial charge on any atom is -0.480 e. The van der Waals surface area contributed by atoms with Crippen molar-refractivity contribution in [2.45, 2.75) is 57.0 Å². The molecule has 0 spiro atoms. The summed E-state index contributed by atoms with van der Waals surface area (Å²) in [5.74, 6) is -1.69. The fourth-order valence-corrected chi connectivity index (χ4v) is 4.71. The van der Waals surface area contributed by atoms with Gasteiger partial charge in [-0.1, -0.05) is 61.9 Å². The van der Waals surface area contributed by atoms with E-state index in [1.807, 2.05) is 43.3 Å². The number of carbonyl (C=O) groups is 3. The molecular formula is C26H30N2O5. The second-order valence-electron chi connectivity index (χ2n) is 9.08. The SMILES string of the molecule is CCCC(NC(=O)C(C)(NC(=O)OCC1c2ccccc2-c2ccccc21)C1CC1)C(=O)O. The standard InChI is InChI=1S/C26H30N2O5/c1-3-8-22(23(29)30)27-24(31)26(2,16-13-14-16)28-25(32)33-15-21-19-11-6-4-9-17(19)18-10-5-7-12-20(18)21/h4-7,9-12,16,21-22H,3,8,13-15H2,1-2H3,(H,27,31)(H,28,32)(H,29,30). The average molecular weight is 451 g/mol. The van der Waals surface area contributed by atoms with Gasteiger partial charge in [-0.05, 0) is 54.4 Å². The Bertz CT molecular complexity index is 1020. The van der Waals surface area contributed by atoms with Crippen molar-refractivity contribution in [3.8, 4) is 11.1 Å². The summed E-state index contributed by atoms with van der Waals surface area (Å²) in [4.78, 5) is 37.3. The summed E-state index contributed by atoms with van der Waals surface area (Å²) in [6.07, 6.45) is 1.85. The van der Waals surface area contributed by atoms with Crippen LogP contribution in [0.4, 0.5) is 4.79 Å². The van der Waals surface area contributed by atoms with E-state index in [-0.39, 0.29) is 18.4 Å². The lowest BCUT2D eigenvalue weighted by Crippen LogP contribution is -2.61. The summed E-state index contributed by atoms with van der Waals surface area (Å²) in [6, 6.07) is 15.2. The van der Waals surface area contributed by atoms with Crippen LogP contribution in [0.2, 0.25) is 0 Å². The molecule has 2 aromatic carbocycles. The molecule has 1 saturated carbocycles. The second kappa shape index (κ2) is 9.25. The predicted octanol–water partition coefficient (Wildman–Crippen LogP) is 4.06. The molecule has 2 aromatic rings. The lowest BCUT2D eigenvalue weighted by atomic mass is 9.94. The molecule has 0 radical (unpaired) electrons. The third-order valence-electron chi connectivity index (χ3n) is 6.75. The van der Waals surface area contributed by atoms with Gasteiger partial charge in [0.2, 0.25) is 5.91 Å². The van der Waals surface area contributed by atoms with Crippen LogP contribution in [0.15, 0.2) is 48.5 Å². The van der Waals surface area contributed by atoms with Crippen LogP contribution in [-0.2, 0) is 14.3 Å². The average Bonchev–Trinajstić information content (AvgIpc) is 3.61. The van der Waals surface area contributed by atoms with E-state index in [9.17, 15) is 19.5 Å². The molecule has 2 atom stereocenters. The van der Waals surface area contributed by atoms with Gasteiger partial charge in [-0.25, -0.2) is 9.59 Å². The summed E-state index contributed by atoms with van der Waals surface area (Å²) >= 11 is 0. The Kier molecular flexibility index (Phi) is 6.40. The number of hydrogen-bond acceptors (Lipinski definition) is 4. The number of alkyl carbamates (subject to hydrolysis) is 1. The summed E-state index contributed by atoms with van der Waals surface area (Å²) in [5.41, 5.74) is 3.28. The number of fused-ring (bicyclic) bond motifs is 3. The highest BCUT2D eigenvalue weighted by Gasteiger charge is 2.49. The van der Waals surface area contributed by atoms with E-state index in [0.717, 1.165) is 35.1 Å². The van der Waals surface area contributed by atoms with Crippen LogP contribution in [0.5, 0.6) is 0 Å². The van der Waals surface area contributed by atoms with Gasteiger partial charge in [-0.2, -0.15) is 0 Å². The molecule has 2 unspecified atom stereocenters. The van der Waals surface area contributed by atoms with Crippen LogP contribution in [0.3, 0.4) is 0 Å². The van der Waals surface area contributed by atoms with Crippen LogP contribution in [0.25, 0.3) is 11.1 Å². The maximum absolute atomic E-state index is 13.0. The van der Waals surface area contributed by atoms with Crippen molar-refractivity contribution in [1.29, 1.82) is 0 Å². The first-order valence-electron chi connectivity index (χ1n) is 11.5. The number of ether oxygens (including phenoxy) is 1. The van der Waals surface area contributed by atoms with Gasteiger partial charge < -0.3 is 20.5 Å². The molecule has 2 aliphatic carbocycles. The van der Waals surface area contributed by atoms with Gasteiger partial charge in [0.1, 0.15) is 18.2 Å². The van der Waals surface area contributed by atoms with Crippen LogP contribution in [0, 0.1) is 5.92 Å². The highest BCUT2D eigenvalue weighted by Crippen LogP contribution is 2.44. The van der Waals surface area contributed by atoms with E-state index in [2.05, 4.69) is 22.8 Å². The monoisotopic (exact) mass is 450 g/mol. The van der Waals surface area contributed by atoms with E-state index < -0.39 is 29.6 Å². The van der Waals surface area contributed by atoms with E-state index >= 15 is 0 Å². The van der Waals surface area contributed by atoms with E-state index in [4.69, 9.17) is 4.74 Å². The Hall–Kier alpha value is -3.35. The smallest absolute Gasteiger partial charge is 0.408 e. The summed E-state index contributed by atoms with van der Waals surface area (Å²) in [6.45, 7) is 3.65. The first-order chi connectivity index (χ1) is 15.8.